The van der Waals surface area contributed by atoms with Crippen LogP contribution in [0, 0.1) is 5.92 Å². The Balaban J connectivity index is 2.30. The van der Waals surface area contributed by atoms with Crippen molar-refractivity contribution >= 4 is 0 Å². The van der Waals surface area contributed by atoms with Crippen LogP contribution in [0.5, 0.6) is 0 Å². The van der Waals surface area contributed by atoms with Crippen LogP contribution in [-0.4, -0.2) is 24.1 Å². The van der Waals surface area contributed by atoms with Crippen molar-refractivity contribution in [2.24, 2.45) is 5.92 Å². The molecule has 2 unspecified atom stereocenters. The first-order chi connectivity index (χ1) is 4.76. The molecule has 1 saturated carbocycles. The summed E-state index contributed by atoms with van der Waals surface area (Å²) in [7, 11) is 2.30. The molecule has 1 nitrogen and oxygen atoms in total. The Kier molecular flexibility index (Phi) is 1.08. The average molecular weight is 136 g/mol. The molecule has 0 aromatic heterocycles. The Morgan fingerprint density at radius 2 is 2.50 bits per heavy atom. The van der Waals surface area contributed by atoms with E-state index in [9.17, 15) is 0 Å². The third kappa shape index (κ3) is 0.681. The predicted molar refractivity (Wildman–Crippen MR) is 41.3 cm³/mol. The van der Waals surface area contributed by atoms with Gasteiger partial charge in [0, 0.05) is 12.3 Å². The van der Waals surface area contributed by atoms with Crippen LogP contribution in [0.15, 0.2) is 18.0 Å². The molecule has 10 heavy (non-hydrogen) atoms. The van der Waals surface area contributed by atoms with Crippen LogP contribution in [0.4, 0.5) is 0 Å². The second kappa shape index (κ2) is 1.75. The van der Waals surface area contributed by atoms with E-state index in [0.717, 1.165) is 16.4 Å². The lowest BCUT2D eigenvalue weighted by Gasteiger charge is -2.29. The largest absolute Gasteiger partial charge is 0.290 e. The second-order valence-electron chi connectivity index (χ2n) is 3.59. The van der Waals surface area contributed by atoms with E-state index in [1.807, 2.05) is 0 Å². The van der Waals surface area contributed by atoms with E-state index in [4.69, 9.17) is 0 Å². The summed E-state index contributed by atoms with van der Waals surface area (Å²) < 4.78 is 1.11. The second-order valence-corrected chi connectivity index (χ2v) is 3.59. The Morgan fingerprint density at radius 1 is 1.70 bits per heavy atom. The fourth-order valence-corrected chi connectivity index (χ4v) is 1.82. The van der Waals surface area contributed by atoms with Crippen molar-refractivity contribution < 1.29 is 4.48 Å². The molecule has 0 amide bonds. The van der Waals surface area contributed by atoms with Crippen LogP contribution in [0.2, 0.25) is 0 Å². The summed E-state index contributed by atoms with van der Waals surface area (Å²) in [6.07, 6.45) is 5.81. The number of hydrogen-bond acceptors (Lipinski definition) is 0. The van der Waals surface area contributed by atoms with Gasteiger partial charge in [0.25, 0.3) is 0 Å². The van der Waals surface area contributed by atoms with E-state index in [1.165, 1.54) is 13.0 Å². The van der Waals surface area contributed by atoms with Crippen LogP contribution in [-0.2, 0) is 0 Å². The molecule has 0 aromatic rings. The monoisotopic (exact) mass is 136 g/mol. The fourth-order valence-electron chi connectivity index (χ4n) is 1.82. The maximum absolute atomic E-state index is 3.24. The molecule has 1 heteroatoms. The summed E-state index contributed by atoms with van der Waals surface area (Å²) in [4.78, 5) is 0. The van der Waals surface area contributed by atoms with Gasteiger partial charge in [-0.05, 0) is 13.0 Å². The fraction of sp³-hybridized carbons (Fsp3) is 0.667. The molecule has 3 atom stereocenters. The number of rotatable bonds is 1. The lowest BCUT2D eigenvalue weighted by Crippen LogP contribution is -2.41. The Morgan fingerprint density at radius 3 is 3.10 bits per heavy atom. The minimum atomic E-state index is 0.856. The van der Waals surface area contributed by atoms with Gasteiger partial charge in [0.1, 0.15) is 12.2 Å². The van der Waals surface area contributed by atoms with Crippen molar-refractivity contribution in [2.75, 3.05) is 13.6 Å². The minimum absolute atomic E-state index is 0.856. The van der Waals surface area contributed by atoms with E-state index >= 15 is 0 Å². The molecule has 0 spiro atoms. The van der Waals surface area contributed by atoms with E-state index < -0.39 is 0 Å². The quantitative estimate of drug-likeness (QED) is 0.379. The molecular formula is C9H14N+. The van der Waals surface area contributed by atoms with Crippen molar-refractivity contribution in [3.63, 3.8) is 0 Å². The molecule has 1 heterocycles. The topological polar surface area (TPSA) is 0 Å². The molecule has 0 bridgehead atoms. The zero-order valence-electron chi connectivity index (χ0n) is 6.67. The zero-order chi connectivity index (χ0) is 7.19. The van der Waals surface area contributed by atoms with Crippen LogP contribution in [0.1, 0.15) is 13.3 Å². The van der Waals surface area contributed by atoms with Gasteiger partial charge in [-0.15, -0.1) is 0 Å². The van der Waals surface area contributed by atoms with Gasteiger partial charge < -0.3 is 0 Å². The first kappa shape index (κ1) is 6.21. The molecule has 0 N–H and O–H groups in total. The highest BCUT2D eigenvalue weighted by Crippen LogP contribution is 2.42. The van der Waals surface area contributed by atoms with Gasteiger partial charge >= 0.3 is 0 Å². The van der Waals surface area contributed by atoms with E-state index in [0.29, 0.717) is 0 Å². The molecule has 2 aliphatic rings. The number of nitrogens with zero attached hydrogens (tertiary/aromatic N) is 1. The van der Waals surface area contributed by atoms with Crippen LogP contribution >= 0.6 is 0 Å². The van der Waals surface area contributed by atoms with Gasteiger partial charge in [0.15, 0.2) is 0 Å². The molecule has 1 fully saturated rings. The molecule has 2 rings (SSSR count). The highest BCUT2D eigenvalue weighted by molar-refractivity contribution is 5.07. The molecule has 0 saturated heterocycles. The Bertz CT molecular complexity index is 213. The molecule has 54 valence electrons. The van der Waals surface area contributed by atoms with Crippen molar-refractivity contribution in [3.05, 3.63) is 18.0 Å². The average Bonchev–Trinajstić information content (AvgIpc) is 2.68. The highest BCUT2D eigenvalue weighted by atomic mass is 15.4. The van der Waals surface area contributed by atoms with Gasteiger partial charge in [-0.25, -0.2) is 0 Å². The third-order valence-corrected chi connectivity index (χ3v) is 2.92. The lowest BCUT2D eigenvalue weighted by atomic mass is 10.3. The molecule has 0 aromatic carbocycles. The third-order valence-electron chi connectivity index (χ3n) is 2.92. The molecule has 0 radical (unpaired) electrons. The summed E-state index contributed by atoms with van der Waals surface area (Å²) in [5.41, 5.74) is 3.24. The van der Waals surface area contributed by atoms with Gasteiger partial charge in [-0.1, -0.05) is 5.73 Å². The van der Waals surface area contributed by atoms with E-state index in [-0.39, 0.29) is 0 Å². The maximum Gasteiger partial charge on any atom is 0.139 e. The van der Waals surface area contributed by atoms with Gasteiger partial charge in [0.05, 0.1) is 13.6 Å². The molecule has 1 aliphatic carbocycles. The summed E-state index contributed by atoms with van der Waals surface area (Å²) in [6.45, 7) is 3.46. The number of quaternary nitrogens is 1. The summed E-state index contributed by atoms with van der Waals surface area (Å²) in [5.74, 6) is 0.856. The predicted octanol–water partition coefficient (Wildman–Crippen LogP) is 1.52. The zero-order valence-corrected chi connectivity index (χ0v) is 6.67. The van der Waals surface area contributed by atoms with Crippen LogP contribution in [0.3, 0.4) is 0 Å². The summed E-state index contributed by atoms with van der Waals surface area (Å²) >= 11 is 0. The smallest absolute Gasteiger partial charge is 0.139 e. The van der Waals surface area contributed by atoms with Crippen molar-refractivity contribution in [1.82, 2.24) is 0 Å². The lowest BCUT2D eigenvalue weighted by molar-refractivity contribution is -0.870. The summed E-state index contributed by atoms with van der Waals surface area (Å²) in [5, 5.41) is 0. The number of fused-ring (bicyclic) bond motifs is 1. The van der Waals surface area contributed by atoms with Gasteiger partial charge in [-0.3, -0.25) is 4.48 Å². The van der Waals surface area contributed by atoms with Gasteiger partial charge in [-0.2, -0.15) is 0 Å². The van der Waals surface area contributed by atoms with Crippen LogP contribution < -0.4 is 0 Å². The number of hydrogen-bond donors (Lipinski definition) is 0. The van der Waals surface area contributed by atoms with Crippen molar-refractivity contribution in [2.45, 2.75) is 19.4 Å². The molecular weight excluding hydrogens is 122 g/mol. The Hall–Kier alpha value is -0.520. The first-order valence-corrected chi connectivity index (χ1v) is 4.05. The van der Waals surface area contributed by atoms with Gasteiger partial charge in [0.2, 0.25) is 0 Å². The first-order valence-electron chi connectivity index (χ1n) is 4.05. The minimum Gasteiger partial charge on any atom is -0.290 e. The molecule has 1 aliphatic heterocycles. The van der Waals surface area contributed by atoms with E-state index in [1.54, 1.807) is 0 Å². The SMILES string of the molecule is CC[N+]1(C)C=C=C[C@H]2CC21. The van der Waals surface area contributed by atoms with Crippen LogP contribution in [0.25, 0.3) is 0 Å². The van der Waals surface area contributed by atoms with Crippen molar-refractivity contribution in [3.8, 4) is 0 Å². The standard InChI is InChI=1S/C9H14N/c1-3-10(2)6-4-5-8-7-9(8)10/h5-6,8-9H,3,7H2,1-2H3/q+1/t8-,9?,10?/m0/s1. The van der Waals surface area contributed by atoms with Crippen molar-refractivity contribution in [1.29, 1.82) is 0 Å². The highest BCUT2D eigenvalue weighted by Gasteiger charge is 2.50. The summed E-state index contributed by atoms with van der Waals surface area (Å²) in [6, 6.07) is 0.895. The van der Waals surface area contributed by atoms with E-state index in [2.05, 4.69) is 32.0 Å². The maximum atomic E-state index is 3.24. The Labute approximate surface area is 62.2 Å². The normalized spacial score (nSPS) is 49.0.